The fourth-order valence-corrected chi connectivity index (χ4v) is 6.65. The molecule has 4 aromatic rings. The highest BCUT2D eigenvalue weighted by atomic mass is 32.2. The molecular weight excluding hydrogens is 464 g/mol. The van der Waals surface area contributed by atoms with Crippen molar-refractivity contribution >= 4 is 27.0 Å². The Balaban J connectivity index is 1.59. The zero-order chi connectivity index (χ0) is 23.4. The van der Waals surface area contributed by atoms with E-state index < -0.39 is 10.0 Å². The van der Waals surface area contributed by atoms with Gasteiger partial charge in [-0.3, -0.25) is 4.98 Å². The number of piperidine rings is 1. The van der Waals surface area contributed by atoms with Crippen LogP contribution >= 0.6 is 11.3 Å². The standard InChI is InChI=1S/C26H26N4O2S2/c31-34(32,29-15-5-2-6-16-29)24-13-7-10-22(17-24)25-20-33-26(28-23-11-3-1-4-12-23)30(25)19-21-9-8-14-27-18-21/h1,3-4,7-14,17-18,20H,2,5-6,15-16,19H2. The van der Waals surface area contributed by atoms with Crippen molar-refractivity contribution in [1.29, 1.82) is 0 Å². The molecular formula is C26H26N4O2S2. The summed E-state index contributed by atoms with van der Waals surface area (Å²) < 4.78 is 30.3. The molecule has 1 fully saturated rings. The molecule has 1 saturated heterocycles. The Kier molecular flexibility index (Phi) is 6.71. The van der Waals surface area contributed by atoms with Crippen LogP contribution in [-0.4, -0.2) is 35.4 Å². The number of aromatic nitrogens is 2. The van der Waals surface area contributed by atoms with Crippen LogP contribution in [0.1, 0.15) is 24.8 Å². The molecule has 1 aliphatic heterocycles. The summed E-state index contributed by atoms with van der Waals surface area (Å²) in [5, 5.41) is 2.05. The summed E-state index contributed by atoms with van der Waals surface area (Å²) in [6.07, 6.45) is 6.52. The first-order chi connectivity index (χ1) is 16.6. The van der Waals surface area contributed by atoms with Crippen LogP contribution in [0.3, 0.4) is 0 Å². The van der Waals surface area contributed by atoms with Gasteiger partial charge < -0.3 is 4.57 Å². The van der Waals surface area contributed by atoms with Crippen LogP contribution < -0.4 is 4.80 Å². The lowest BCUT2D eigenvalue weighted by molar-refractivity contribution is 0.346. The maximum atomic E-state index is 13.3. The maximum Gasteiger partial charge on any atom is 0.243 e. The molecule has 34 heavy (non-hydrogen) atoms. The predicted octanol–water partition coefficient (Wildman–Crippen LogP) is 5.07. The second-order valence-corrected chi connectivity index (χ2v) is 11.1. The summed E-state index contributed by atoms with van der Waals surface area (Å²) in [5.74, 6) is 0. The summed E-state index contributed by atoms with van der Waals surface area (Å²) in [4.78, 5) is 10.3. The highest BCUT2D eigenvalue weighted by Crippen LogP contribution is 2.27. The maximum absolute atomic E-state index is 13.3. The van der Waals surface area contributed by atoms with Crippen molar-refractivity contribution in [2.24, 2.45) is 4.99 Å². The van der Waals surface area contributed by atoms with Crippen LogP contribution in [0.2, 0.25) is 0 Å². The Labute approximate surface area is 203 Å². The van der Waals surface area contributed by atoms with Gasteiger partial charge in [0.1, 0.15) is 0 Å². The fraction of sp³-hybridized carbons (Fsp3) is 0.231. The van der Waals surface area contributed by atoms with Gasteiger partial charge >= 0.3 is 0 Å². The molecule has 6 nitrogen and oxygen atoms in total. The number of para-hydroxylation sites is 1. The van der Waals surface area contributed by atoms with Gasteiger partial charge in [0, 0.05) is 36.4 Å². The summed E-state index contributed by atoms with van der Waals surface area (Å²) in [6.45, 7) is 1.76. The fourth-order valence-electron chi connectivity index (χ4n) is 4.16. The van der Waals surface area contributed by atoms with E-state index in [1.165, 1.54) is 0 Å². The monoisotopic (exact) mass is 490 g/mol. The Morgan fingerprint density at radius 2 is 1.76 bits per heavy atom. The van der Waals surface area contributed by atoms with Gasteiger partial charge in [-0.2, -0.15) is 4.31 Å². The third-order valence-corrected chi connectivity index (χ3v) is 8.68. The lowest BCUT2D eigenvalue weighted by Crippen LogP contribution is -2.35. The minimum Gasteiger partial charge on any atom is -0.312 e. The van der Waals surface area contributed by atoms with Crippen molar-refractivity contribution in [2.75, 3.05) is 13.1 Å². The largest absolute Gasteiger partial charge is 0.312 e. The molecule has 0 bridgehead atoms. The van der Waals surface area contributed by atoms with Crippen molar-refractivity contribution in [3.63, 3.8) is 0 Å². The van der Waals surface area contributed by atoms with E-state index in [4.69, 9.17) is 4.99 Å². The minimum atomic E-state index is -3.51. The van der Waals surface area contributed by atoms with Gasteiger partial charge in [-0.1, -0.05) is 42.8 Å². The Hall–Kier alpha value is -3.07. The average molecular weight is 491 g/mol. The molecule has 0 saturated carbocycles. The molecule has 0 aliphatic carbocycles. The number of sulfonamides is 1. The number of thiazole rings is 1. The van der Waals surface area contributed by atoms with Crippen LogP contribution in [0, 0.1) is 0 Å². The molecule has 2 aromatic carbocycles. The average Bonchev–Trinajstić information content (AvgIpc) is 3.27. The van der Waals surface area contributed by atoms with E-state index in [-0.39, 0.29) is 0 Å². The van der Waals surface area contributed by atoms with Crippen LogP contribution in [0.5, 0.6) is 0 Å². The van der Waals surface area contributed by atoms with Gasteiger partial charge in [0.05, 0.1) is 22.8 Å². The van der Waals surface area contributed by atoms with Crippen LogP contribution in [0.4, 0.5) is 5.69 Å². The lowest BCUT2D eigenvalue weighted by Gasteiger charge is -2.26. The van der Waals surface area contributed by atoms with Crippen LogP contribution in [0.25, 0.3) is 11.3 Å². The SMILES string of the molecule is O=S(=O)(c1cccc(-c2csc(=Nc3ccccc3)n2Cc2cccnc2)c1)N1CCCCC1. The number of pyridine rings is 1. The number of nitrogens with zero attached hydrogens (tertiary/aromatic N) is 4. The smallest absolute Gasteiger partial charge is 0.243 e. The third kappa shape index (κ3) is 4.89. The molecule has 0 spiro atoms. The molecule has 2 aromatic heterocycles. The Morgan fingerprint density at radius 1 is 0.941 bits per heavy atom. The quantitative estimate of drug-likeness (QED) is 0.379. The molecule has 8 heteroatoms. The molecule has 0 radical (unpaired) electrons. The molecule has 0 atom stereocenters. The van der Waals surface area contributed by atoms with Crippen molar-refractivity contribution in [2.45, 2.75) is 30.7 Å². The highest BCUT2D eigenvalue weighted by molar-refractivity contribution is 7.89. The van der Waals surface area contributed by atoms with Gasteiger partial charge in [-0.05, 0) is 48.7 Å². The van der Waals surface area contributed by atoms with Crippen molar-refractivity contribution in [3.05, 3.63) is 94.9 Å². The Bertz CT molecular complexity index is 1420. The van der Waals surface area contributed by atoms with Crippen molar-refractivity contribution in [1.82, 2.24) is 13.9 Å². The normalized spacial score (nSPS) is 15.5. The van der Waals surface area contributed by atoms with Gasteiger partial charge in [-0.25, -0.2) is 13.4 Å². The second-order valence-electron chi connectivity index (χ2n) is 8.29. The van der Waals surface area contributed by atoms with Gasteiger partial charge in [0.25, 0.3) is 0 Å². The molecule has 5 rings (SSSR count). The zero-order valence-corrected chi connectivity index (χ0v) is 20.4. The summed E-state index contributed by atoms with van der Waals surface area (Å²) in [7, 11) is -3.51. The van der Waals surface area contributed by atoms with E-state index in [0.717, 1.165) is 46.6 Å². The second kappa shape index (κ2) is 10.0. The van der Waals surface area contributed by atoms with Crippen LogP contribution in [0.15, 0.2) is 94.4 Å². The molecule has 0 N–H and O–H groups in total. The first kappa shape index (κ1) is 22.7. The summed E-state index contributed by atoms with van der Waals surface area (Å²) in [5.41, 5.74) is 3.71. The molecule has 1 aliphatic rings. The van der Waals surface area contributed by atoms with E-state index in [0.29, 0.717) is 24.5 Å². The van der Waals surface area contributed by atoms with Crippen LogP contribution in [-0.2, 0) is 16.6 Å². The molecule has 3 heterocycles. The van der Waals surface area contributed by atoms with Gasteiger partial charge in [0.2, 0.25) is 10.0 Å². The number of hydrogen-bond acceptors (Lipinski definition) is 5. The van der Waals surface area contributed by atoms with Gasteiger partial charge in [0.15, 0.2) is 4.80 Å². The van der Waals surface area contributed by atoms with Crippen molar-refractivity contribution in [3.8, 4) is 11.3 Å². The lowest BCUT2D eigenvalue weighted by atomic mass is 10.1. The predicted molar refractivity (Wildman–Crippen MR) is 135 cm³/mol. The number of rotatable bonds is 6. The molecule has 0 amide bonds. The van der Waals surface area contributed by atoms with E-state index in [2.05, 4.69) is 9.55 Å². The first-order valence-corrected chi connectivity index (χ1v) is 13.7. The minimum absolute atomic E-state index is 0.340. The van der Waals surface area contributed by atoms with Gasteiger partial charge in [-0.15, -0.1) is 11.3 Å². The highest BCUT2D eigenvalue weighted by Gasteiger charge is 2.26. The summed E-state index contributed by atoms with van der Waals surface area (Å²) >= 11 is 1.54. The third-order valence-electron chi connectivity index (χ3n) is 5.92. The summed E-state index contributed by atoms with van der Waals surface area (Å²) in [6, 6.07) is 21.1. The van der Waals surface area contributed by atoms with Crippen molar-refractivity contribution < 1.29 is 8.42 Å². The van der Waals surface area contributed by atoms with E-state index >= 15 is 0 Å². The number of hydrogen-bond donors (Lipinski definition) is 0. The Morgan fingerprint density at radius 3 is 2.53 bits per heavy atom. The molecule has 174 valence electrons. The number of benzene rings is 2. The first-order valence-electron chi connectivity index (χ1n) is 11.4. The van der Waals surface area contributed by atoms with E-state index in [9.17, 15) is 8.42 Å². The van der Waals surface area contributed by atoms with E-state index in [1.54, 1.807) is 34.0 Å². The van der Waals surface area contributed by atoms with E-state index in [1.807, 2.05) is 66.2 Å². The topological polar surface area (TPSA) is 67.6 Å². The molecule has 0 unspecified atom stereocenters. The zero-order valence-electron chi connectivity index (χ0n) is 18.7.